The summed E-state index contributed by atoms with van der Waals surface area (Å²) in [5, 5.41) is 0. The van der Waals surface area contributed by atoms with E-state index in [0.29, 0.717) is 28.6 Å². The predicted molar refractivity (Wildman–Crippen MR) is 109 cm³/mol. The number of amides is 1. The molecule has 150 valence electrons. The summed E-state index contributed by atoms with van der Waals surface area (Å²) in [6.07, 6.45) is 3.64. The zero-order chi connectivity index (χ0) is 19.8. The largest absolute Gasteiger partial charge is 0.337 e. The second-order valence-corrected chi connectivity index (χ2v) is 8.52. The van der Waals surface area contributed by atoms with Gasteiger partial charge in [-0.2, -0.15) is 0 Å². The third kappa shape index (κ3) is 3.90. The molecule has 0 spiro atoms. The van der Waals surface area contributed by atoms with Crippen LogP contribution in [0.2, 0.25) is 0 Å². The molecule has 1 saturated heterocycles. The van der Waals surface area contributed by atoms with Gasteiger partial charge in [-0.25, -0.2) is 0 Å². The average molecular weight is 384 g/mol. The maximum atomic E-state index is 13.2. The minimum atomic E-state index is -0.706. The molecule has 0 bridgehead atoms. The van der Waals surface area contributed by atoms with Gasteiger partial charge in [0.2, 0.25) is 0 Å². The molecule has 1 aromatic carbocycles. The van der Waals surface area contributed by atoms with Crippen molar-refractivity contribution in [1.82, 2.24) is 19.8 Å². The van der Waals surface area contributed by atoms with Gasteiger partial charge >= 0.3 is 11.1 Å². The normalized spacial score (nSPS) is 21.2. The SMILES string of the molecule is CC(C)[C@H]1CN(C(=O)c2ccc3[nH]c(=O)c(=O)[nH]c3c2)CCCN1CC1CC1. The topological polar surface area (TPSA) is 89.3 Å². The van der Waals surface area contributed by atoms with Gasteiger partial charge in [0, 0.05) is 37.8 Å². The Labute approximate surface area is 163 Å². The fourth-order valence-corrected chi connectivity index (χ4v) is 4.17. The monoisotopic (exact) mass is 384 g/mol. The summed E-state index contributed by atoms with van der Waals surface area (Å²) >= 11 is 0. The molecule has 1 aliphatic heterocycles. The van der Waals surface area contributed by atoms with Gasteiger partial charge in [0.05, 0.1) is 11.0 Å². The van der Waals surface area contributed by atoms with Gasteiger partial charge in [-0.1, -0.05) is 13.8 Å². The molecule has 2 heterocycles. The number of carbonyl (C=O) groups excluding carboxylic acids is 1. The third-order valence-electron chi connectivity index (χ3n) is 5.97. The second-order valence-electron chi connectivity index (χ2n) is 8.52. The van der Waals surface area contributed by atoms with Crippen molar-refractivity contribution in [2.45, 2.75) is 39.2 Å². The summed E-state index contributed by atoms with van der Waals surface area (Å²) in [4.78, 5) is 45.9. The van der Waals surface area contributed by atoms with Crippen molar-refractivity contribution in [1.29, 1.82) is 0 Å². The molecule has 1 aliphatic carbocycles. The lowest BCUT2D eigenvalue weighted by Gasteiger charge is -2.34. The maximum Gasteiger partial charge on any atom is 0.314 e. The lowest BCUT2D eigenvalue weighted by molar-refractivity contribution is 0.0704. The van der Waals surface area contributed by atoms with Crippen molar-refractivity contribution in [3.05, 3.63) is 44.5 Å². The first-order chi connectivity index (χ1) is 13.4. The first-order valence-electron chi connectivity index (χ1n) is 10.2. The Bertz CT molecular complexity index is 989. The Balaban J connectivity index is 1.57. The highest BCUT2D eigenvalue weighted by Crippen LogP contribution is 2.32. The van der Waals surface area contributed by atoms with Gasteiger partial charge in [-0.3, -0.25) is 19.3 Å². The molecule has 4 rings (SSSR count). The van der Waals surface area contributed by atoms with E-state index in [9.17, 15) is 14.4 Å². The van der Waals surface area contributed by atoms with Crippen molar-refractivity contribution in [2.75, 3.05) is 26.2 Å². The summed E-state index contributed by atoms with van der Waals surface area (Å²) in [5.41, 5.74) is 0.138. The zero-order valence-electron chi connectivity index (χ0n) is 16.5. The minimum absolute atomic E-state index is 0.0205. The Kier molecular flexibility index (Phi) is 5.10. The Morgan fingerprint density at radius 1 is 1.11 bits per heavy atom. The summed E-state index contributed by atoms with van der Waals surface area (Å²) < 4.78 is 0. The summed E-state index contributed by atoms with van der Waals surface area (Å²) in [5.74, 6) is 1.29. The number of fused-ring (bicyclic) bond motifs is 1. The first kappa shape index (κ1) is 18.9. The number of carbonyl (C=O) groups is 1. The highest BCUT2D eigenvalue weighted by atomic mass is 16.2. The van der Waals surface area contributed by atoms with E-state index in [1.54, 1.807) is 18.2 Å². The van der Waals surface area contributed by atoms with Crippen LogP contribution < -0.4 is 11.1 Å². The molecule has 1 aromatic heterocycles. The summed E-state index contributed by atoms with van der Waals surface area (Å²) in [7, 11) is 0. The van der Waals surface area contributed by atoms with Crippen LogP contribution in [0.1, 0.15) is 43.5 Å². The molecule has 0 unspecified atom stereocenters. The van der Waals surface area contributed by atoms with E-state index in [0.717, 1.165) is 38.5 Å². The van der Waals surface area contributed by atoms with Gasteiger partial charge in [-0.15, -0.1) is 0 Å². The number of hydrogen-bond donors (Lipinski definition) is 2. The van der Waals surface area contributed by atoms with E-state index in [4.69, 9.17) is 0 Å². The van der Waals surface area contributed by atoms with Gasteiger partial charge in [0.15, 0.2) is 0 Å². The van der Waals surface area contributed by atoms with E-state index >= 15 is 0 Å². The Morgan fingerprint density at radius 3 is 2.50 bits per heavy atom. The van der Waals surface area contributed by atoms with Crippen LogP contribution in [-0.2, 0) is 0 Å². The van der Waals surface area contributed by atoms with Crippen LogP contribution in [0.25, 0.3) is 11.0 Å². The van der Waals surface area contributed by atoms with Crippen molar-refractivity contribution in [3.8, 4) is 0 Å². The van der Waals surface area contributed by atoms with Crippen molar-refractivity contribution < 1.29 is 4.79 Å². The molecule has 1 saturated carbocycles. The first-order valence-corrected chi connectivity index (χ1v) is 10.2. The van der Waals surface area contributed by atoms with Crippen LogP contribution in [0.4, 0.5) is 0 Å². The molecule has 28 heavy (non-hydrogen) atoms. The molecule has 2 aliphatic rings. The Hall–Kier alpha value is -2.41. The average Bonchev–Trinajstić information content (AvgIpc) is 3.49. The molecule has 1 atom stereocenters. The molecular formula is C21H28N4O3. The van der Waals surface area contributed by atoms with E-state index in [1.807, 2.05) is 4.90 Å². The fraction of sp³-hybridized carbons (Fsp3) is 0.571. The molecule has 0 radical (unpaired) electrons. The van der Waals surface area contributed by atoms with Crippen molar-refractivity contribution in [2.24, 2.45) is 11.8 Å². The highest BCUT2D eigenvalue weighted by molar-refractivity contribution is 5.97. The number of aromatic amines is 2. The van der Waals surface area contributed by atoms with E-state index in [1.165, 1.54) is 12.8 Å². The van der Waals surface area contributed by atoms with Crippen LogP contribution in [0.5, 0.6) is 0 Å². The van der Waals surface area contributed by atoms with Gasteiger partial charge in [0.1, 0.15) is 0 Å². The summed E-state index contributed by atoms with van der Waals surface area (Å²) in [6.45, 7) is 8.11. The quantitative estimate of drug-likeness (QED) is 0.787. The van der Waals surface area contributed by atoms with E-state index in [2.05, 4.69) is 28.7 Å². The van der Waals surface area contributed by atoms with Gasteiger partial charge in [-0.05, 0) is 49.3 Å². The fourth-order valence-electron chi connectivity index (χ4n) is 4.17. The second kappa shape index (κ2) is 7.54. The number of nitrogens with zero attached hydrogens (tertiary/aromatic N) is 2. The number of aromatic nitrogens is 2. The predicted octanol–water partition coefficient (Wildman–Crippen LogP) is 1.80. The van der Waals surface area contributed by atoms with Crippen LogP contribution in [-0.4, -0.2) is 57.9 Å². The molecule has 2 aromatic rings. The van der Waals surface area contributed by atoms with E-state index in [-0.39, 0.29) is 5.91 Å². The number of hydrogen-bond acceptors (Lipinski definition) is 4. The number of nitrogens with one attached hydrogen (secondary N) is 2. The van der Waals surface area contributed by atoms with Gasteiger partial charge in [0.25, 0.3) is 5.91 Å². The van der Waals surface area contributed by atoms with Crippen LogP contribution in [0, 0.1) is 11.8 Å². The molecule has 1 amide bonds. The van der Waals surface area contributed by atoms with E-state index < -0.39 is 11.1 Å². The molecule has 2 fully saturated rings. The third-order valence-corrected chi connectivity index (χ3v) is 5.97. The van der Waals surface area contributed by atoms with Crippen LogP contribution in [0.15, 0.2) is 27.8 Å². The lowest BCUT2D eigenvalue weighted by Crippen LogP contribution is -2.46. The minimum Gasteiger partial charge on any atom is -0.337 e. The lowest BCUT2D eigenvalue weighted by atomic mass is 10.0. The van der Waals surface area contributed by atoms with Gasteiger partial charge < -0.3 is 14.9 Å². The standard InChI is InChI=1S/C21H28N4O3/c1-13(2)18-12-25(9-3-8-24(18)11-14-4-5-14)21(28)15-6-7-16-17(10-15)23-20(27)19(26)22-16/h6-7,10,13-14,18H,3-5,8-9,11-12H2,1-2H3,(H,22,26)(H,23,27)/t18-/m1/s1. The number of benzene rings is 1. The van der Waals surface area contributed by atoms with Crippen molar-refractivity contribution in [3.63, 3.8) is 0 Å². The molecular weight excluding hydrogens is 356 g/mol. The van der Waals surface area contributed by atoms with Crippen molar-refractivity contribution >= 4 is 16.9 Å². The maximum absolute atomic E-state index is 13.2. The summed E-state index contributed by atoms with van der Waals surface area (Å²) in [6, 6.07) is 5.42. The zero-order valence-corrected chi connectivity index (χ0v) is 16.5. The molecule has 7 nitrogen and oxygen atoms in total. The molecule has 2 N–H and O–H groups in total. The Morgan fingerprint density at radius 2 is 1.82 bits per heavy atom. The van der Waals surface area contributed by atoms with Crippen LogP contribution >= 0.6 is 0 Å². The van der Waals surface area contributed by atoms with Crippen LogP contribution in [0.3, 0.4) is 0 Å². The number of H-pyrrole nitrogens is 2. The smallest absolute Gasteiger partial charge is 0.314 e. The highest BCUT2D eigenvalue weighted by Gasteiger charge is 2.33. The number of rotatable bonds is 4. The molecule has 7 heteroatoms.